The van der Waals surface area contributed by atoms with Crippen LogP contribution in [0.1, 0.15) is 25.8 Å². The van der Waals surface area contributed by atoms with Crippen LogP contribution in [0.3, 0.4) is 0 Å². The quantitative estimate of drug-likeness (QED) is 0.621. The number of aryl methyl sites for hydroxylation is 1. The molecule has 106 valence electrons. The van der Waals surface area contributed by atoms with E-state index in [0.29, 0.717) is 5.92 Å². The number of halogens is 1. The van der Waals surface area contributed by atoms with Crippen molar-refractivity contribution in [1.82, 2.24) is 0 Å². The summed E-state index contributed by atoms with van der Waals surface area (Å²) in [7, 11) is 0. The van der Waals surface area contributed by atoms with Gasteiger partial charge < -0.3 is 10.4 Å². The van der Waals surface area contributed by atoms with Gasteiger partial charge in [0.15, 0.2) is 0 Å². The van der Waals surface area contributed by atoms with Crippen LogP contribution in [0, 0.1) is 23.0 Å². The van der Waals surface area contributed by atoms with Gasteiger partial charge in [0.25, 0.3) is 5.69 Å². The average Bonchev–Trinajstić information content (AvgIpc) is 2.31. The summed E-state index contributed by atoms with van der Waals surface area (Å²) >= 11 is 5.88. The molecule has 1 atom stereocenters. The van der Waals surface area contributed by atoms with Crippen molar-refractivity contribution in [3.63, 3.8) is 0 Å². The highest BCUT2D eigenvalue weighted by molar-refractivity contribution is 6.33. The van der Waals surface area contributed by atoms with Crippen molar-refractivity contribution in [3.05, 3.63) is 32.8 Å². The molecule has 0 aliphatic carbocycles. The van der Waals surface area contributed by atoms with Crippen molar-refractivity contribution in [2.45, 2.75) is 33.2 Å². The van der Waals surface area contributed by atoms with Gasteiger partial charge in [0.05, 0.1) is 11.5 Å². The summed E-state index contributed by atoms with van der Waals surface area (Å²) in [6.07, 6.45) is 0.810. The molecule has 0 aliphatic heterocycles. The standard InChI is InChI=1S/C13H19ClN2O3/c1-8(2)4-10(7-17)15-12-6-11(14)13(16(18)19)5-9(12)3/h5-6,8,10,15,17H,4,7H2,1-3H3. The number of nitro groups is 1. The molecule has 0 aromatic heterocycles. The Balaban J connectivity index is 2.95. The Labute approximate surface area is 117 Å². The maximum Gasteiger partial charge on any atom is 0.288 e. The van der Waals surface area contributed by atoms with Crippen LogP contribution in [-0.4, -0.2) is 22.7 Å². The second kappa shape index (κ2) is 6.73. The van der Waals surface area contributed by atoms with Crippen LogP contribution in [-0.2, 0) is 0 Å². The number of aliphatic hydroxyl groups is 1. The topological polar surface area (TPSA) is 75.4 Å². The number of aliphatic hydroxyl groups excluding tert-OH is 1. The molecule has 1 aromatic carbocycles. The average molecular weight is 287 g/mol. The fraction of sp³-hybridized carbons (Fsp3) is 0.538. The van der Waals surface area contributed by atoms with Gasteiger partial charge >= 0.3 is 0 Å². The molecule has 1 rings (SSSR count). The second-order valence-corrected chi connectivity index (χ2v) is 5.44. The minimum atomic E-state index is -0.503. The number of hydrogen-bond acceptors (Lipinski definition) is 4. The molecule has 1 unspecified atom stereocenters. The number of hydrogen-bond donors (Lipinski definition) is 2. The lowest BCUT2D eigenvalue weighted by Gasteiger charge is -2.21. The number of nitro benzene ring substituents is 1. The van der Waals surface area contributed by atoms with Crippen molar-refractivity contribution in [2.75, 3.05) is 11.9 Å². The van der Waals surface area contributed by atoms with Gasteiger partial charge in [-0.3, -0.25) is 10.1 Å². The number of nitrogens with zero attached hydrogens (tertiary/aromatic N) is 1. The zero-order chi connectivity index (χ0) is 14.6. The SMILES string of the molecule is Cc1cc([N+](=O)[O-])c(Cl)cc1NC(CO)CC(C)C. The monoisotopic (exact) mass is 286 g/mol. The van der Waals surface area contributed by atoms with Gasteiger partial charge in [-0.1, -0.05) is 25.4 Å². The summed E-state index contributed by atoms with van der Waals surface area (Å²) in [6.45, 7) is 5.92. The summed E-state index contributed by atoms with van der Waals surface area (Å²) in [5, 5.41) is 23.4. The third-order valence-electron chi connectivity index (χ3n) is 2.83. The highest BCUT2D eigenvalue weighted by Gasteiger charge is 2.17. The van der Waals surface area contributed by atoms with Gasteiger partial charge in [0.1, 0.15) is 5.02 Å². The number of nitrogens with one attached hydrogen (secondary N) is 1. The van der Waals surface area contributed by atoms with Gasteiger partial charge in [0.2, 0.25) is 0 Å². The zero-order valence-corrected chi connectivity index (χ0v) is 12.1. The zero-order valence-electron chi connectivity index (χ0n) is 11.3. The minimum absolute atomic E-state index is 0.00618. The van der Waals surface area contributed by atoms with Crippen molar-refractivity contribution in [3.8, 4) is 0 Å². The Morgan fingerprint density at radius 1 is 1.47 bits per heavy atom. The normalized spacial score (nSPS) is 12.5. The lowest BCUT2D eigenvalue weighted by Crippen LogP contribution is -2.26. The third kappa shape index (κ3) is 4.36. The molecule has 0 aliphatic rings. The molecule has 0 radical (unpaired) electrons. The van der Waals surface area contributed by atoms with Crippen molar-refractivity contribution < 1.29 is 10.0 Å². The smallest absolute Gasteiger partial charge is 0.288 e. The van der Waals surface area contributed by atoms with Gasteiger partial charge in [0, 0.05) is 17.8 Å². The van der Waals surface area contributed by atoms with Gasteiger partial charge in [-0.25, -0.2) is 0 Å². The summed E-state index contributed by atoms with van der Waals surface area (Å²) < 4.78 is 0. The van der Waals surface area contributed by atoms with E-state index in [4.69, 9.17) is 11.6 Å². The van der Waals surface area contributed by atoms with E-state index < -0.39 is 4.92 Å². The molecule has 0 bridgehead atoms. The van der Waals surface area contributed by atoms with E-state index in [9.17, 15) is 15.2 Å². The largest absolute Gasteiger partial charge is 0.394 e. The van der Waals surface area contributed by atoms with E-state index in [0.717, 1.165) is 17.7 Å². The summed E-state index contributed by atoms with van der Waals surface area (Å²) in [5.41, 5.74) is 1.35. The van der Waals surface area contributed by atoms with E-state index >= 15 is 0 Å². The van der Waals surface area contributed by atoms with Gasteiger partial charge in [-0.15, -0.1) is 0 Å². The number of rotatable bonds is 6. The fourth-order valence-corrected chi connectivity index (χ4v) is 2.16. The van der Waals surface area contributed by atoms with Crippen molar-refractivity contribution >= 4 is 23.0 Å². The molecular weight excluding hydrogens is 268 g/mol. The third-order valence-corrected chi connectivity index (χ3v) is 3.13. The van der Waals surface area contributed by atoms with Crippen LogP contribution in [0.2, 0.25) is 5.02 Å². The van der Waals surface area contributed by atoms with Crippen LogP contribution in [0.4, 0.5) is 11.4 Å². The summed E-state index contributed by atoms with van der Waals surface area (Å²) in [4.78, 5) is 10.3. The minimum Gasteiger partial charge on any atom is -0.394 e. The Hall–Kier alpha value is -1.33. The van der Waals surface area contributed by atoms with Gasteiger partial charge in [-0.2, -0.15) is 0 Å². The van der Waals surface area contributed by atoms with Crippen LogP contribution in [0.25, 0.3) is 0 Å². The highest BCUT2D eigenvalue weighted by atomic mass is 35.5. The Bertz CT molecular complexity index is 463. The lowest BCUT2D eigenvalue weighted by atomic mass is 10.0. The maximum absolute atomic E-state index is 10.8. The molecule has 0 heterocycles. The Morgan fingerprint density at radius 3 is 2.58 bits per heavy atom. The molecule has 1 aromatic rings. The van der Waals surface area contributed by atoms with E-state index in [1.807, 2.05) is 0 Å². The first-order valence-corrected chi connectivity index (χ1v) is 6.54. The molecule has 6 heteroatoms. The fourth-order valence-electron chi connectivity index (χ4n) is 1.93. The molecule has 0 saturated heterocycles. The molecule has 0 fully saturated rings. The van der Waals surface area contributed by atoms with Crippen LogP contribution < -0.4 is 5.32 Å². The van der Waals surface area contributed by atoms with E-state index in [1.165, 1.54) is 12.1 Å². The first kappa shape index (κ1) is 15.7. The van der Waals surface area contributed by atoms with E-state index in [-0.39, 0.29) is 23.4 Å². The van der Waals surface area contributed by atoms with Gasteiger partial charge in [-0.05, 0) is 30.9 Å². The molecule has 2 N–H and O–H groups in total. The molecule has 0 amide bonds. The first-order chi connectivity index (χ1) is 8.85. The highest BCUT2D eigenvalue weighted by Crippen LogP contribution is 2.31. The molecule has 19 heavy (non-hydrogen) atoms. The predicted octanol–water partition coefficient (Wildman–Crippen LogP) is 3.38. The van der Waals surface area contributed by atoms with E-state index in [1.54, 1.807) is 6.92 Å². The lowest BCUT2D eigenvalue weighted by molar-refractivity contribution is -0.384. The van der Waals surface area contributed by atoms with Crippen LogP contribution in [0.15, 0.2) is 12.1 Å². The predicted molar refractivity (Wildman–Crippen MR) is 76.8 cm³/mol. The van der Waals surface area contributed by atoms with Crippen molar-refractivity contribution in [2.24, 2.45) is 5.92 Å². The maximum atomic E-state index is 10.8. The Morgan fingerprint density at radius 2 is 2.11 bits per heavy atom. The molecule has 0 saturated carbocycles. The van der Waals surface area contributed by atoms with E-state index in [2.05, 4.69) is 19.2 Å². The number of benzene rings is 1. The number of anilines is 1. The molecule has 5 nitrogen and oxygen atoms in total. The van der Waals surface area contributed by atoms with Crippen LogP contribution in [0.5, 0.6) is 0 Å². The summed E-state index contributed by atoms with van der Waals surface area (Å²) in [6, 6.07) is 2.89. The van der Waals surface area contributed by atoms with Crippen molar-refractivity contribution in [1.29, 1.82) is 0 Å². The first-order valence-electron chi connectivity index (χ1n) is 6.17. The second-order valence-electron chi connectivity index (χ2n) is 5.03. The Kier molecular flexibility index (Phi) is 5.57. The molecule has 0 spiro atoms. The van der Waals surface area contributed by atoms with Crippen LogP contribution >= 0.6 is 11.6 Å². The summed E-state index contributed by atoms with van der Waals surface area (Å²) in [5.74, 6) is 0.443. The molecular formula is C13H19ClN2O3.